The molecule has 0 heterocycles. The van der Waals surface area contributed by atoms with Crippen LogP contribution in [0.2, 0.25) is 0 Å². The molecule has 1 unspecified atom stereocenters. The zero-order chi connectivity index (χ0) is 39.0. The SMILES string of the molecule is CCCCC/C=C\CCCN(CCC/C=C\CCCCC)NC(=O)CC(CCCCCCCCC)N(CCCN(C)C)C(=O)CCCCCCCCC. The van der Waals surface area contributed by atoms with Crippen LogP contribution in [0.15, 0.2) is 24.3 Å². The first-order chi connectivity index (χ1) is 25.9. The van der Waals surface area contributed by atoms with Crippen LogP contribution in [0.5, 0.6) is 0 Å². The van der Waals surface area contributed by atoms with Gasteiger partial charge in [-0.2, -0.15) is 0 Å². The van der Waals surface area contributed by atoms with Crippen molar-refractivity contribution in [1.82, 2.24) is 20.2 Å². The molecular formula is C47H92N4O2. The van der Waals surface area contributed by atoms with Gasteiger partial charge < -0.3 is 9.80 Å². The Bertz CT molecular complexity index is 831. The molecule has 0 rings (SSSR count). The Kier molecular flexibility index (Phi) is 38.8. The molecule has 0 radical (unpaired) electrons. The summed E-state index contributed by atoms with van der Waals surface area (Å²) in [6.45, 7) is 12.4. The van der Waals surface area contributed by atoms with Crippen LogP contribution in [0.3, 0.4) is 0 Å². The van der Waals surface area contributed by atoms with Crippen molar-refractivity contribution in [3.63, 3.8) is 0 Å². The van der Waals surface area contributed by atoms with Crippen molar-refractivity contribution >= 4 is 11.8 Å². The van der Waals surface area contributed by atoms with E-state index in [1.165, 1.54) is 122 Å². The maximum atomic E-state index is 13.9. The Morgan fingerprint density at radius 1 is 0.491 bits per heavy atom. The van der Waals surface area contributed by atoms with E-state index in [0.29, 0.717) is 12.8 Å². The zero-order valence-corrected chi connectivity index (χ0v) is 36.6. The second-order valence-electron chi connectivity index (χ2n) is 16.1. The lowest BCUT2D eigenvalue weighted by Gasteiger charge is -2.33. The molecule has 1 atom stereocenters. The van der Waals surface area contributed by atoms with Crippen molar-refractivity contribution in [2.45, 2.75) is 226 Å². The molecule has 0 aliphatic heterocycles. The summed E-state index contributed by atoms with van der Waals surface area (Å²) >= 11 is 0. The molecule has 6 heteroatoms. The molecule has 312 valence electrons. The first-order valence-electron chi connectivity index (χ1n) is 23.2. The van der Waals surface area contributed by atoms with Gasteiger partial charge in [-0.3, -0.25) is 15.0 Å². The third kappa shape index (κ3) is 34.6. The smallest absolute Gasteiger partial charge is 0.236 e. The highest BCUT2D eigenvalue weighted by Crippen LogP contribution is 2.19. The maximum Gasteiger partial charge on any atom is 0.236 e. The van der Waals surface area contributed by atoms with Crippen molar-refractivity contribution in [1.29, 1.82) is 0 Å². The number of hydrogen-bond donors (Lipinski definition) is 1. The summed E-state index contributed by atoms with van der Waals surface area (Å²) < 4.78 is 0. The second-order valence-corrected chi connectivity index (χ2v) is 16.1. The van der Waals surface area contributed by atoms with Gasteiger partial charge in [0.05, 0.1) is 0 Å². The van der Waals surface area contributed by atoms with Gasteiger partial charge >= 0.3 is 0 Å². The maximum absolute atomic E-state index is 13.9. The van der Waals surface area contributed by atoms with Gasteiger partial charge in [0.25, 0.3) is 0 Å². The van der Waals surface area contributed by atoms with E-state index in [4.69, 9.17) is 0 Å². The van der Waals surface area contributed by atoms with Crippen LogP contribution < -0.4 is 5.43 Å². The number of nitrogens with zero attached hydrogens (tertiary/aromatic N) is 3. The van der Waals surface area contributed by atoms with E-state index in [-0.39, 0.29) is 17.9 Å². The molecule has 0 aliphatic carbocycles. The van der Waals surface area contributed by atoms with E-state index in [2.05, 4.69) is 86.3 Å². The molecule has 6 nitrogen and oxygen atoms in total. The van der Waals surface area contributed by atoms with E-state index in [0.717, 1.165) is 84.0 Å². The number of allylic oxidation sites excluding steroid dienone is 4. The van der Waals surface area contributed by atoms with Crippen molar-refractivity contribution in [3.8, 4) is 0 Å². The van der Waals surface area contributed by atoms with Crippen LogP contribution in [-0.2, 0) is 9.59 Å². The topological polar surface area (TPSA) is 55.9 Å². The minimum absolute atomic E-state index is 0.0381. The average molecular weight is 745 g/mol. The number of nitrogens with one attached hydrogen (secondary N) is 1. The van der Waals surface area contributed by atoms with E-state index in [9.17, 15) is 9.59 Å². The molecule has 1 N–H and O–H groups in total. The average Bonchev–Trinajstić information content (AvgIpc) is 3.14. The molecule has 0 aromatic rings. The summed E-state index contributed by atoms with van der Waals surface area (Å²) in [5.41, 5.74) is 3.35. The lowest BCUT2D eigenvalue weighted by atomic mass is 10.00. The van der Waals surface area contributed by atoms with E-state index >= 15 is 0 Å². The minimum Gasteiger partial charge on any atom is -0.339 e. The predicted octanol–water partition coefficient (Wildman–Crippen LogP) is 13.0. The first kappa shape index (κ1) is 51.3. The molecule has 0 spiro atoms. The van der Waals surface area contributed by atoms with Gasteiger partial charge in [-0.25, -0.2) is 5.01 Å². The summed E-state index contributed by atoms with van der Waals surface area (Å²) in [6.07, 6.45) is 43.5. The van der Waals surface area contributed by atoms with E-state index in [1.54, 1.807) is 0 Å². The molecule has 0 aliphatic rings. The van der Waals surface area contributed by atoms with Gasteiger partial charge in [0.2, 0.25) is 11.8 Å². The van der Waals surface area contributed by atoms with Crippen LogP contribution in [-0.4, -0.2) is 72.9 Å². The van der Waals surface area contributed by atoms with E-state index in [1.807, 2.05) is 0 Å². The minimum atomic E-state index is -0.0381. The van der Waals surface area contributed by atoms with Crippen LogP contribution in [0.4, 0.5) is 0 Å². The van der Waals surface area contributed by atoms with Gasteiger partial charge in [0.15, 0.2) is 0 Å². The lowest BCUT2D eigenvalue weighted by Crippen LogP contribution is -2.48. The number of rotatable bonds is 40. The molecule has 0 aromatic carbocycles. The Morgan fingerprint density at radius 3 is 1.42 bits per heavy atom. The Labute approximate surface area is 331 Å². The molecular weight excluding hydrogens is 653 g/mol. The predicted molar refractivity (Wildman–Crippen MR) is 233 cm³/mol. The van der Waals surface area contributed by atoms with Crippen LogP contribution in [0, 0.1) is 0 Å². The third-order valence-electron chi connectivity index (χ3n) is 10.5. The highest BCUT2D eigenvalue weighted by atomic mass is 16.2. The van der Waals surface area contributed by atoms with Crippen LogP contribution in [0.25, 0.3) is 0 Å². The number of hydrazine groups is 1. The molecule has 2 amide bonds. The van der Waals surface area contributed by atoms with Crippen molar-refractivity contribution < 1.29 is 9.59 Å². The number of hydrogen-bond acceptors (Lipinski definition) is 4. The van der Waals surface area contributed by atoms with Crippen molar-refractivity contribution in [3.05, 3.63) is 24.3 Å². The van der Waals surface area contributed by atoms with Gasteiger partial charge in [-0.1, -0.05) is 161 Å². The highest BCUT2D eigenvalue weighted by Gasteiger charge is 2.26. The van der Waals surface area contributed by atoms with Crippen molar-refractivity contribution in [2.75, 3.05) is 40.3 Å². The Hall–Kier alpha value is -1.66. The molecule has 53 heavy (non-hydrogen) atoms. The monoisotopic (exact) mass is 745 g/mol. The molecule has 0 fully saturated rings. The third-order valence-corrected chi connectivity index (χ3v) is 10.5. The fourth-order valence-electron chi connectivity index (χ4n) is 7.11. The standard InChI is InChI=1S/C47H92N4O2/c1-7-11-15-19-23-27-31-35-41-50(42-36-32-28-24-20-16-12-8-2)48-46(52)44-45(38-33-29-25-21-17-13-9-3)51(43-37-40-49(5)6)47(53)39-34-30-26-22-18-14-10-4/h23-24,27-28,45H,7-22,25-26,29-44H2,1-6H3,(H,48,52)/b27-23-,28-24-. The fourth-order valence-corrected chi connectivity index (χ4v) is 7.11. The first-order valence-corrected chi connectivity index (χ1v) is 23.2. The second kappa shape index (κ2) is 40.0. The number of unbranched alkanes of at least 4 members (excludes halogenated alkanes) is 20. The largest absolute Gasteiger partial charge is 0.339 e. The highest BCUT2D eigenvalue weighted by molar-refractivity contribution is 5.79. The molecule has 0 saturated carbocycles. The Balaban J connectivity index is 5.64. The zero-order valence-electron chi connectivity index (χ0n) is 36.6. The molecule has 0 bridgehead atoms. The fraction of sp³-hybridized carbons (Fsp3) is 0.872. The lowest BCUT2D eigenvalue weighted by molar-refractivity contribution is -0.136. The summed E-state index contributed by atoms with van der Waals surface area (Å²) in [6, 6.07) is -0.0381. The van der Waals surface area contributed by atoms with Gasteiger partial charge in [0, 0.05) is 38.5 Å². The quantitative estimate of drug-likeness (QED) is 0.0386. The molecule has 0 aromatic heterocycles. The molecule has 0 saturated heterocycles. The Morgan fingerprint density at radius 2 is 0.925 bits per heavy atom. The summed E-state index contributed by atoms with van der Waals surface area (Å²) in [7, 11) is 4.21. The van der Waals surface area contributed by atoms with Crippen molar-refractivity contribution in [2.24, 2.45) is 0 Å². The van der Waals surface area contributed by atoms with Crippen LogP contribution in [0.1, 0.15) is 220 Å². The van der Waals surface area contributed by atoms with E-state index < -0.39 is 0 Å². The van der Waals surface area contributed by atoms with Gasteiger partial charge in [-0.15, -0.1) is 0 Å². The van der Waals surface area contributed by atoms with Crippen LogP contribution >= 0.6 is 0 Å². The number of amides is 2. The van der Waals surface area contributed by atoms with Gasteiger partial charge in [0.1, 0.15) is 0 Å². The van der Waals surface area contributed by atoms with Gasteiger partial charge in [-0.05, 0) is 91.3 Å². The summed E-state index contributed by atoms with van der Waals surface area (Å²) in [5, 5.41) is 2.18. The summed E-state index contributed by atoms with van der Waals surface area (Å²) in [4.78, 5) is 32.2. The summed E-state index contributed by atoms with van der Waals surface area (Å²) in [5.74, 6) is 0.329. The normalized spacial score (nSPS) is 12.5. The number of carbonyl (C=O) groups excluding carboxylic acids is 2. The number of carbonyl (C=O) groups is 2.